The fourth-order valence-corrected chi connectivity index (χ4v) is 3.79. The Balaban J connectivity index is 1.78. The number of rotatable bonds is 6. The summed E-state index contributed by atoms with van der Waals surface area (Å²) in [5, 5.41) is 5.83. The molecule has 0 radical (unpaired) electrons. The molecule has 3 rings (SSSR count). The molecule has 5 nitrogen and oxygen atoms in total. The Morgan fingerprint density at radius 2 is 1.59 bits per heavy atom. The number of amides is 2. The number of hydrogen-bond donors (Lipinski definition) is 2. The van der Waals surface area contributed by atoms with Crippen LogP contribution in [0.4, 0.5) is 11.4 Å². The van der Waals surface area contributed by atoms with Gasteiger partial charge in [0.1, 0.15) is 5.75 Å². The molecule has 0 spiro atoms. The van der Waals surface area contributed by atoms with Crippen LogP contribution in [0.3, 0.4) is 0 Å². The van der Waals surface area contributed by atoms with Crippen LogP contribution in [0.2, 0.25) is 0 Å². The van der Waals surface area contributed by atoms with E-state index in [4.69, 9.17) is 4.74 Å². The third-order valence-electron chi connectivity index (χ3n) is 5.49. The standard InChI is InChI=1S/C24H28N2O3/c1-15(2)14-17-21(24(17,3)4)23(28)25-18-11-7-6-10-16(18)22(27)26-19-12-8-9-13-20(19)29-5/h6-14,17,21H,1-5H3,(H,25,28)(H,26,27)/t17-,21-/m1/s1. The van der Waals surface area contributed by atoms with Gasteiger partial charge < -0.3 is 15.4 Å². The molecule has 5 heteroatoms. The second-order valence-electron chi connectivity index (χ2n) is 8.26. The topological polar surface area (TPSA) is 67.4 Å². The SMILES string of the molecule is COc1ccccc1NC(=O)c1ccccc1NC(=O)[C@H]1[C@@H](C=C(C)C)C1(C)C. The molecule has 0 saturated heterocycles. The minimum atomic E-state index is -0.304. The number of allylic oxidation sites excluding steroid dienone is 2. The molecule has 152 valence electrons. The molecule has 0 aliphatic heterocycles. The van der Waals surface area contributed by atoms with Crippen LogP contribution in [-0.2, 0) is 4.79 Å². The molecule has 0 bridgehead atoms. The number of para-hydroxylation sites is 3. The van der Waals surface area contributed by atoms with E-state index < -0.39 is 0 Å². The molecule has 1 aliphatic rings. The minimum Gasteiger partial charge on any atom is -0.495 e. The lowest BCUT2D eigenvalue weighted by atomic mass is 10.1. The van der Waals surface area contributed by atoms with Gasteiger partial charge in [-0.2, -0.15) is 0 Å². The molecule has 2 N–H and O–H groups in total. The van der Waals surface area contributed by atoms with Gasteiger partial charge in [-0.25, -0.2) is 0 Å². The maximum absolute atomic E-state index is 12.9. The van der Waals surface area contributed by atoms with Crippen molar-refractivity contribution >= 4 is 23.2 Å². The summed E-state index contributed by atoms with van der Waals surface area (Å²) < 4.78 is 5.29. The van der Waals surface area contributed by atoms with Crippen molar-refractivity contribution < 1.29 is 14.3 Å². The minimum absolute atomic E-state index is 0.0601. The molecule has 2 atom stereocenters. The van der Waals surface area contributed by atoms with Crippen LogP contribution in [0.15, 0.2) is 60.2 Å². The summed E-state index contributed by atoms with van der Waals surface area (Å²) in [6.45, 7) is 8.28. The Morgan fingerprint density at radius 3 is 2.24 bits per heavy atom. The zero-order chi connectivity index (χ0) is 21.2. The molecule has 2 aromatic rings. The zero-order valence-corrected chi connectivity index (χ0v) is 17.6. The highest BCUT2D eigenvalue weighted by Crippen LogP contribution is 2.59. The van der Waals surface area contributed by atoms with Crippen LogP contribution in [0.1, 0.15) is 38.1 Å². The summed E-state index contributed by atoms with van der Waals surface area (Å²) in [5.41, 5.74) is 2.60. The number of carbonyl (C=O) groups is 2. The van der Waals surface area contributed by atoms with Crippen molar-refractivity contribution in [2.75, 3.05) is 17.7 Å². The monoisotopic (exact) mass is 392 g/mol. The smallest absolute Gasteiger partial charge is 0.257 e. The number of methoxy groups -OCH3 is 1. The fraction of sp³-hybridized carbons (Fsp3) is 0.333. The van der Waals surface area contributed by atoms with Gasteiger partial charge in [-0.1, -0.05) is 49.8 Å². The van der Waals surface area contributed by atoms with E-state index in [9.17, 15) is 9.59 Å². The first-order valence-corrected chi connectivity index (χ1v) is 9.75. The predicted molar refractivity (Wildman–Crippen MR) is 116 cm³/mol. The molecule has 1 fully saturated rings. The van der Waals surface area contributed by atoms with Crippen molar-refractivity contribution in [1.29, 1.82) is 0 Å². The molecule has 2 aromatic carbocycles. The second-order valence-corrected chi connectivity index (χ2v) is 8.26. The summed E-state index contributed by atoms with van der Waals surface area (Å²) in [4.78, 5) is 25.8. The molecule has 2 amide bonds. The predicted octanol–water partition coefficient (Wildman–Crippen LogP) is 5.12. The van der Waals surface area contributed by atoms with Crippen molar-refractivity contribution in [3.8, 4) is 5.75 Å². The van der Waals surface area contributed by atoms with Gasteiger partial charge >= 0.3 is 0 Å². The first kappa shape index (κ1) is 20.6. The Bertz CT molecular complexity index is 958. The lowest BCUT2D eigenvalue weighted by Crippen LogP contribution is -2.21. The first-order valence-electron chi connectivity index (χ1n) is 9.75. The Morgan fingerprint density at radius 1 is 0.966 bits per heavy atom. The highest BCUT2D eigenvalue weighted by Gasteiger charge is 2.60. The molecular weight excluding hydrogens is 364 g/mol. The van der Waals surface area contributed by atoms with E-state index in [1.165, 1.54) is 5.57 Å². The molecule has 0 heterocycles. The number of carbonyl (C=O) groups excluding carboxylic acids is 2. The van der Waals surface area contributed by atoms with Gasteiger partial charge in [0.25, 0.3) is 5.91 Å². The number of benzene rings is 2. The number of ether oxygens (including phenoxy) is 1. The van der Waals surface area contributed by atoms with Crippen LogP contribution in [0.25, 0.3) is 0 Å². The maximum Gasteiger partial charge on any atom is 0.257 e. The third kappa shape index (κ3) is 4.34. The lowest BCUT2D eigenvalue weighted by Gasteiger charge is -2.13. The van der Waals surface area contributed by atoms with E-state index >= 15 is 0 Å². The van der Waals surface area contributed by atoms with Gasteiger partial charge in [-0.3, -0.25) is 9.59 Å². The molecule has 1 saturated carbocycles. The van der Waals surface area contributed by atoms with Gasteiger partial charge in [-0.05, 0) is 49.4 Å². The van der Waals surface area contributed by atoms with Crippen molar-refractivity contribution in [3.05, 3.63) is 65.7 Å². The van der Waals surface area contributed by atoms with Gasteiger partial charge in [-0.15, -0.1) is 0 Å². The van der Waals surface area contributed by atoms with Crippen LogP contribution in [-0.4, -0.2) is 18.9 Å². The summed E-state index contributed by atoms with van der Waals surface area (Å²) in [7, 11) is 1.55. The van der Waals surface area contributed by atoms with Crippen molar-refractivity contribution in [2.45, 2.75) is 27.7 Å². The highest BCUT2D eigenvalue weighted by atomic mass is 16.5. The first-order chi connectivity index (χ1) is 13.8. The quantitative estimate of drug-likeness (QED) is 0.670. The number of nitrogens with one attached hydrogen (secondary N) is 2. The average molecular weight is 392 g/mol. The Kier molecular flexibility index (Phi) is 5.78. The van der Waals surface area contributed by atoms with Gasteiger partial charge in [0.05, 0.1) is 30.0 Å². The molecular formula is C24H28N2O3. The van der Waals surface area contributed by atoms with Crippen molar-refractivity contribution in [3.63, 3.8) is 0 Å². The summed E-state index contributed by atoms with van der Waals surface area (Å²) in [5.74, 6) is 0.313. The third-order valence-corrected chi connectivity index (χ3v) is 5.49. The van der Waals surface area contributed by atoms with E-state index in [2.05, 4.69) is 30.6 Å². The molecule has 29 heavy (non-hydrogen) atoms. The van der Waals surface area contributed by atoms with Crippen LogP contribution in [0.5, 0.6) is 5.75 Å². The lowest BCUT2D eigenvalue weighted by molar-refractivity contribution is -0.118. The van der Waals surface area contributed by atoms with Gasteiger partial charge in [0.2, 0.25) is 5.91 Å². The second kappa shape index (κ2) is 8.11. The molecule has 0 aromatic heterocycles. The molecule has 0 unspecified atom stereocenters. The maximum atomic E-state index is 12.9. The van der Waals surface area contributed by atoms with Crippen LogP contribution >= 0.6 is 0 Å². The van der Waals surface area contributed by atoms with Crippen LogP contribution in [0, 0.1) is 17.3 Å². The number of hydrogen-bond acceptors (Lipinski definition) is 3. The summed E-state index contributed by atoms with van der Waals surface area (Å²) >= 11 is 0. The van der Waals surface area contributed by atoms with E-state index in [1.807, 2.05) is 26.0 Å². The largest absolute Gasteiger partial charge is 0.495 e. The van der Waals surface area contributed by atoms with E-state index in [0.29, 0.717) is 22.7 Å². The average Bonchev–Trinajstić information content (AvgIpc) is 3.21. The Labute approximate surface area is 172 Å². The summed E-state index contributed by atoms with van der Waals surface area (Å²) in [6.07, 6.45) is 2.16. The van der Waals surface area contributed by atoms with Crippen molar-refractivity contribution in [1.82, 2.24) is 0 Å². The van der Waals surface area contributed by atoms with Gasteiger partial charge in [0, 0.05) is 0 Å². The Hall–Kier alpha value is -3.08. The van der Waals surface area contributed by atoms with Crippen LogP contribution < -0.4 is 15.4 Å². The fourth-order valence-electron chi connectivity index (χ4n) is 3.79. The zero-order valence-electron chi connectivity index (χ0n) is 17.6. The highest BCUT2D eigenvalue weighted by molar-refractivity contribution is 6.11. The van der Waals surface area contributed by atoms with Crippen molar-refractivity contribution in [2.24, 2.45) is 17.3 Å². The summed E-state index contributed by atoms with van der Waals surface area (Å²) in [6, 6.07) is 14.2. The van der Waals surface area contributed by atoms with E-state index in [0.717, 1.165) is 0 Å². The van der Waals surface area contributed by atoms with E-state index in [1.54, 1.807) is 43.5 Å². The number of anilines is 2. The van der Waals surface area contributed by atoms with E-state index in [-0.39, 0.29) is 29.1 Å². The molecule has 1 aliphatic carbocycles. The normalized spacial score (nSPS) is 19.1. The van der Waals surface area contributed by atoms with Gasteiger partial charge in [0.15, 0.2) is 0 Å².